The van der Waals surface area contributed by atoms with Crippen molar-refractivity contribution < 1.29 is 19.0 Å². The Balaban J connectivity index is 2.88. The predicted molar refractivity (Wildman–Crippen MR) is 71.9 cm³/mol. The van der Waals surface area contributed by atoms with Gasteiger partial charge in [0.15, 0.2) is 17.3 Å². The van der Waals surface area contributed by atoms with Gasteiger partial charge in [0.05, 0.1) is 0 Å². The molecule has 1 aromatic rings. The van der Waals surface area contributed by atoms with Crippen molar-refractivity contribution in [2.45, 2.75) is 20.0 Å². The van der Waals surface area contributed by atoms with Crippen LogP contribution in [0.25, 0.3) is 0 Å². The maximum Gasteiger partial charge on any atom is 0.283 e. The molecule has 0 radical (unpaired) electrons. The highest BCUT2D eigenvalue weighted by Gasteiger charge is 2.10. The molecular formula is C14H16FNO3. The first-order chi connectivity index (χ1) is 8.93. The lowest BCUT2D eigenvalue weighted by Crippen LogP contribution is -2.12. The van der Waals surface area contributed by atoms with E-state index in [1.54, 1.807) is 13.0 Å². The molecule has 102 valence electrons. The van der Waals surface area contributed by atoms with Crippen molar-refractivity contribution in [2.75, 3.05) is 5.32 Å². The Kier molecular flexibility index (Phi) is 5.11. The molecule has 0 saturated carbocycles. The van der Waals surface area contributed by atoms with Gasteiger partial charge in [-0.05, 0) is 32.1 Å². The van der Waals surface area contributed by atoms with E-state index in [2.05, 4.69) is 11.9 Å². The number of rotatable bonds is 5. The second-order valence-corrected chi connectivity index (χ2v) is 3.89. The second kappa shape index (κ2) is 6.58. The van der Waals surface area contributed by atoms with E-state index < -0.39 is 11.7 Å². The molecule has 0 aliphatic heterocycles. The molecule has 1 amide bonds. The van der Waals surface area contributed by atoms with E-state index in [1.165, 1.54) is 18.2 Å². The van der Waals surface area contributed by atoms with Crippen molar-refractivity contribution >= 4 is 11.6 Å². The summed E-state index contributed by atoms with van der Waals surface area (Å²) >= 11 is 0. The summed E-state index contributed by atoms with van der Waals surface area (Å²) in [6.07, 6.45) is 3.38. The third-order valence-corrected chi connectivity index (χ3v) is 2.24. The van der Waals surface area contributed by atoms with E-state index in [0.717, 1.165) is 0 Å². The fourth-order valence-corrected chi connectivity index (χ4v) is 1.40. The number of phenols is 1. The monoisotopic (exact) mass is 265 g/mol. The smallest absolute Gasteiger partial charge is 0.283 e. The van der Waals surface area contributed by atoms with Crippen LogP contribution >= 0.6 is 0 Å². The van der Waals surface area contributed by atoms with Crippen LogP contribution in [0.2, 0.25) is 0 Å². The zero-order chi connectivity index (χ0) is 14.4. The minimum atomic E-state index is -1.09. The summed E-state index contributed by atoms with van der Waals surface area (Å²) < 4.78 is 18.0. The van der Waals surface area contributed by atoms with Crippen LogP contribution in [0.15, 0.2) is 42.8 Å². The van der Waals surface area contributed by atoms with Crippen LogP contribution in [0.3, 0.4) is 0 Å². The quantitative estimate of drug-likeness (QED) is 0.488. The average molecular weight is 265 g/mol. The lowest BCUT2D eigenvalue weighted by molar-refractivity contribution is -0.114. The zero-order valence-electron chi connectivity index (χ0n) is 10.8. The minimum Gasteiger partial charge on any atom is -0.504 e. The molecule has 0 aliphatic rings. The zero-order valence-corrected chi connectivity index (χ0v) is 10.8. The molecule has 0 saturated heterocycles. The minimum absolute atomic E-state index is 0.0616. The summed E-state index contributed by atoms with van der Waals surface area (Å²) in [5, 5.41) is 11.9. The molecular weight excluding hydrogens is 249 g/mol. The summed E-state index contributed by atoms with van der Waals surface area (Å²) in [5.74, 6) is -1.88. The summed E-state index contributed by atoms with van der Waals surface area (Å²) in [6, 6.07) is 4.20. The number of benzene rings is 1. The Labute approximate surface area is 111 Å². The summed E-state index contributed by atoms with van der Waals surface area (Å²) in [7, 11) is 0. The van der Waals surface area contributed by atoms with Crippen molar-refractivity contribution in [1.29, 1.82) is 0 Å². The SMILES string of the molecule is C=C(F)C(=O)Nc1ccc(O)c(OC(C)/C=C\C)c1. The Hall–Kier alpha value is -2.30. The van der Waals surface area contributed by atoms with Crippen molar-refractivity contribution in [3.8, 4) is 11.5 Å². The molecule has 0 heterocycles. The second-order valence-electron chi connectivity index (χ2n) is 3.89. The number of aromatic hydroxyl groups is 1. The van der Waals surface area contributed by atoms with E-state index in [9.17, 15) is 14.3 Å². The molecule has 19 heavy (non-hydrogen) atoms. The first kappa shape index (κ1) is 14.8. The molecule has 0 bridgehead atoms. The van der Waals surface area contributed by atoms with Gasteiger partial charge in [0, 0.05) is 11.8 Å². The number of halogens is 1. The number of carbonyl (C=O) groups excluding carboxylic acids is 1. The molecule has 4 nitrogen and oxygen atoms in total. The Morgan fingerprint density at radius 1 is 1.58 bits per heavy atom. The third kappa shape index (κ3) is 4.46. The summed E-state index contributed by atoms with van der Waals surface area (Å²) in [6.45, 7) is 6.55. The average Bonchev–Trinajstić information content (AvgIpc) is 2.33. The molecule has 1 unspecified atom stereocenters. The number of carbonyl (C=O) groups is 1. The van der Waals surface area contributed by atoms with Crippen LogP contribution in [0.4, 0.5) is 10.1 Å². The highest BCUT2D eigenvalue weighted by atomic mass is 19.1. The lowest BCUT2D eigenvalue weighted by atomic mass is 10.2. The normalized spacial score (nSPS) is 12.2. The topological polar surface area (TPSA) is 58.6 Å². The van der Waals surface area contributed by atoms with E-state index in [1.807, 2.05) is 13.0 Å². The number of hydrogen-bond donors (Lipinski definition) is 2. The number of phenolic OH excluding ortho intramolecular Hbond substituents is 1. The lowest BCUT2D eigenvalue weighted by Gasteiger charge is -2.13. The fourth-order valence-electron chi connectivity index (χ4n) is 1.40. The van der Waals surface area contributed by atoms with Gasteiger partial charge in [0.25, 0.3) is 5.91 Å². The summed E-state index contributed by atoms with van der Waals surface area (Å²) in [5.41, 5.74) is 0.310. The van der Waals surface area contributed by atoms with Gasteiger partial charge in [-0.25, -0.2) is 4.39 Å². The number of amides is 1. The van der Waals surface area contributed by atoms with Gasteiger partial charge in [0.2, 0.25) is 0 Å². The molecule has 5 heteroatoms. The van der Waals surface area contributed by atoms with Crippen molar-refractivity contribution in [1.82, 2.24) is 0 Å². The van der Waals surface area contributed by atoms with Gasteiger partial charge in [0.1, 0.15) is 6.10 Å². The first-order valence-electron chi connectivity index (χ1n) is 5.72. The van der Waals surface area contributed by atoms with Gasteiger partial charge in [-0.3, -0.25) is 4.79 Å². The highest BCUT2D eigenvalue weighted by Crippen LogP contribution is 2.30. The maximum absolute atomic E-state index is 12.6. The Bertz CT molecular complexity index is 511. The molecule has 1 rings (SSSR count). The Morgan fingerprint density at radius 2 is 2.26 bits per heavy atom. The predicted octanol–water partition coefficient (Wildman–Crippen LogP) is 3.16. The molecule has 2 N–H and O–H groups in total. The van der Waals surface area contributed by atoms with Gasteiger partial charge in [-0.15, -0.1) is 0 Å². The molecule has 0 aliphatic carbocycles. The van der Waals surface area contributed by atoms with Crippen LogP contribution in [-0.4, -0.2) is 17.1 Å². The van der Waals surface area contributed by atoms with E-state index in [-0.39, 0.29) is 17.6 Å². The van der Waals surface area contributed by atoms with Gasteiger partial charge in [-0.1, -0.05) is 12.7 Å². The maximum atomic E-state index is 12.6. The van der Waals surface area contributed by atoms with Crippen LogP contribution in [0, 0.1) is 0 Å². The van der Waals surface area contributed by atoms with Gasteiger partial charge >= 0.3 is 0 Å². The van der Waals surface area contributed by atoms with Crippen LogP contribution in [-0.2, 0) is 4.79 Å². The van der Waals surface area contributed by atoms with Gasteiger partial charge < -0.3 is 15.2 Å². The number of hydrogen-bond acceptors (Lipinski definition) is 3. The number of allylic oxidation sites excluding steroid dienone is 1. The first-order valence-corrected chi connectivity index (χ1v) is 5.72. The summed E-state index contributed by atoms with van der Waals surface area (Å²) in [4.78, 5) is 11.1. The standard InChI is InChI=1S/C14H16FNO3/c1-4-5-9(2)19-13-8-11(6-7-12(13)17)16-14(18)10(3)15/h4-9,17H,3H2,1-2H3,(H,16,18)/b5-4-. The van der Waals surface area contributed by atoms with Crippen molar-refractivity contribution in [2.24, 2.45) is 0 Å². The van der Waals surface area contributed by atoms with Gasteiger partial charge in [-0.2, -0.15) is 0 Å². The number of ether oxygens (including phenoxy) is 1. The van der Waals surface area contributed by atoms with E-state index in [4.69, 9.17) is 4.74 Å². The number of nitrogens with one attached hydrogen (secondary N) is 1. The fraction of sp³-hybridized carbons (Fsp3) is 0.214. The van der Waals surface area contributed by atoms with Crippen molar-refractivity contribution in [3.05, 3.63) is 42.8 Å². The molecule has 1 aromatic carbocycles. The Morgan fingerprint density at radius 3 is 2.84 bits per heavy atom. The molecule has 1 atom stereocenters. The highest BCUT2D eigenvalue weighted by molar-refractivity contribution is 6.01. The molecule has 0 fully saturated rings. The van der Waals surface area contributed by atoms with E-state index in [0.29, 0.717) is 5.69 Å². The molecule has 0 spiro atoms. The third-order valence-electron chi connectivity index (χ3n) is 2.24. The van der Waals surface area contributed by atoms with Crippen LogP contribution < -0.4 is 10.1 Å². The number of anilines is 1. The van der Waals surface area contributed by atoms with Crippen molar-refractivity contribution in [3.63, 3.8) is 0 Å². The van der Waals surface area contributed by atoms with Crippen LogP contribution in [0.1, 0.15) is 13.8 Å². The molecule has 0 aromatic heterocycles. The van der Waals surface area contributed by atoms with Crippen LogP contribution in [0.5, 0.6) is 11.5 Å². The largest absolute Gasteiger partial charge is 0.504 e. The van der Waals surface area contributed by atoms with E-state index >= 15 is 0 Å².